The molecule has 0 spiro atoms. The largest absolute Gasteiger partial charge is 0.466 e. The Balaban J connectivity index is 1.93. The van der Waals surface area contributed by atoms with Gasteiger partial charge in [-0.05, 0) is 38.0 Å². The molecule has 6 heteroatoms. The predicted octanol–water partition coefficient (Wildman–Crippen LogP) is 2.49. The van der Waals surface area contributed by atoms with Gasteiger partial charge in [-0.15, -0.1) is 0 Å². The van der Waals surface area contributed by atoms with Crippen molar-refractivity contribution in [3.63, 3.8) is 0 Å². The van der Waals surface area contributed by atoms with Crippen molar-refractivity contribution in [2.75, 3.05) is 23.4 Å². The zero-order valence-corrected chi connectivity index (χ0v) is 13.3. The number of carbonyl (C=O) groups excluding carboxylic acids is 3. The zero-order chi connectivity index (χ0) is 16.7. The topological polar surface area (TPSA) is 75.7 Å². The number of carbonyl (C=O) groups is 3. The van der Waals surface area contributed by atoms with Gasteiger partial charge >= 0.3 is 5.97 Å². The molecule has 1 heterocycles. The highest BCUT2D eigenvalue weighted by atomic mass is 16.5. The van der Waals surface area contributed by atoms with Crippen molar-refractivity contribution in [1.82, 2.24) is 0 Å². The molecular weight excluding hydrogens is 296 g/mol. The number of nitrogens with one attached hydrogen (secondary N) is 1. The van der Waals surface area contributed by atoms with E-state index in [1.807, 2.05) is 6.07 Å². The van der Waals surface area contributed by atoms with Crippen molar-refractivity contribution in [3.05, 3.63) is 24.3 Å². The summed E-state index contributed by atoms with van der Waals surface area (Å²) in [4.78, 5) is 36.8. The van der Waals surface area contributed by atoms with Gasteiger partial charge in [0.15, 0.2) is 0 Å². The summed E-state index contributed by atoms with van der Waals surface area (Å²) >= 11 is 0. The molecule has 1 aromatic carbocycles. The zero-order valence-electron chi connectivity index (χ0n) is 13.3. The summed E-state index contributed by atoms with van der Waals surface area (Å²) in [6.07, 6.45) is 2.62. The molecule has 1 N–H and O–H groups in total. The summed E-state index contributed by atoms with van der Waals surface area (Å²) in [6.45, 7) is 2.75. The van der Waals surface area contributed by atoms with Crippen LogP contribution in [0.4, 0.5) is 11.4 Å². The molecule has 1 aliphatic rings. The summed E-state index contributed by atoms with van der Waals surface area (Å²) in [5.74, 6) is -0.516. The predicted molar refractivity (Wildman–Crippen MR) is 87.1 cm³/mol. The maximum absolute atomic E-state index is 12.0. The minimum Gasteiger partial charge on any atom is -0.466 e. The van der Waals surface area contributed by atoms with E-state index in [0.29, 0.717) is 25.3 Å². The third-order valence-corrected chi connectivity index (χ3v) is 3.63. The Hall–Kier alpha value is -2.37. The number of esters is 1. The molecule has 0 aliphatic carbocycles. The fourth-order valence-electron chi connectivity index (χ4n) is 2.50. The summed E-state index contributed by atoms with van der Waals surface area (Å²) < 4.78 is 4.79. The molecule has 2 rings (SSSR count). The van der Waals surface area contributed by atoms with Gasteiger partial charge in [-0.3, -0.25) is 14.4 Å². The van der Waals surface area contributed by atoms with E-state index < -0.39 is 0 Å². The number of piperidine rings is 1. The second kappa shape index (κ2) is 8.31. The average Bonchev–Trinajstić information content (AvgIpc) is 2.54. The third kappa shape index (κ3) is 5.09. The average molecular weight is 318 g/mol. The number of hydrogen-bond acceptors (Lipinski definition) is 4. The van der Waals surface area contributed by atoms with Crippen LogP contribution in [0, 0.1) is 0 Å². The SMILES string of the molecule is CCOC(=O)CCC(=O)Nc1cccc(N2CCCCC2=O)c1. The molecule has 0 saturated carbocycles. The van der Waals surface area contributed by atoms with Crippen molar-refractivity contribution in [3.8, 4) is 0 Å². The fraction of sp³-hybridized carbons (Fsp3) is 0.471. The van der Waals surface area contributed by atoms with Crippen LogP contribution in [-0.4, -0.2) is 30.9 Å². The Morgan fingerprint density at radius 1 is 1.26 bits per heavy atom. The second-order valence-electron chi connectivity index (χ2n) is 5.41. The van der Waals surface area contributed by atoms with Gasteiger partial charge in [-0.2, -0.15) is 0 Å². The smallest absolute Gasteiger partial charge is 0.306 e. The maximum atomic E-state index is 12.0. The van der Waals surface area contributed by atoms with Crippen LogP contribution in [0.25, 0.3) is 0 Å². The molecule has 0 aromatic heterocycles. The Morgan fingerprint density at radius 3 is 2.83 bits per heavy atom. The van der Waals surface area contributed by atoms with E-state index in [1.165, 1.54) is 0 Å². The lowest BCUT2D eigenvalue weighted by Gasteiger charge is -2.27. The molecule has 124 valence electrons. The Bertz CT molecular complexity index is 586. The van der Waals surface area contributed by atoms with Crippen LogP contribution in [0.3, 0.4) is 0 Å². The van der Waals surface area contributed by atoms with Gasteiger partial charge in [0, 0.05) is 30.8 Å². The lowest BCUT2D eigenvalue weighted by atomic mass is 10.1. The summed E-state index contributed by atoms with van der Waals surface area (Å²) in [7, 11) is 0. The minimum atomic E-state index is -0.379. The highest BCUT2D eigenvalue weighted by Gasteiger charge is 2.19. The first-order chi connectivity index (χ1) is 11.1. The fourth-order valence-corrected chi connectivity index (χ4v) is 2.50. The van der Waals surface area contributed by atoms with E-state index in [1.54, 1.807) is 30.0 Å². The summed E-state index contributed by atoms with van der Waals surface area (Å²) in [5, 5.41) is 2.75. The van der Waals surface area contributed by atoms with Crippen molar-refractivity contribution in [1.29, 1.82) is 0 Å². The highest BCUT2D eigenvalue weighted by Crippen LogP contribution is 2.24. The van der Waals surface area contributed by atoms with Gasteiger partial charge in [0.05, 0.1) is 13.0 Å². The maximum Gasteiger partial charge on any atom is 0.306 e. The van der Waals surface area contributed by atoms with E-state index in [-0.39, 0.29) is 30.6 Å². The van der Waals surface area contributed by atoms with Gasteiger partial charge < -0.3 is 15.0 Å². The number of anilines is 2. The van der Waals surface area contributed by atoms with Crippen LogP contribution in [0.1, 0.15) is 39.0 Å². The number of amides is 2. The lowest BCUT2D eigenvalue weighted by Crippen LogP contribution is -2.35. The molecule has 0 radical (unpaired) electrons. The quantitative estimate of drug-likeness (QED) is 0.818. The van der Waals surface area contributed by atoms with Gasteiger partial charge in [0.1, 0.15) is 0 Å². The van der Waals surface area contributed by atoms with Crippen LogP contribution in [-0.2, 0) is 19.1 Å². The minimum absolute atomic E-state index is 0.0595. The van der Waals surface area contributed by atoms with Crippen molar-refractivity contribution < 1.29 is 19.1 Å². The molecule has 1 aliphatic heterocycles. The molecule has 1 aromatic rings. The number of ether oxygens (including phenoxy) is 1. The first kappa shape index (κ1) is 17.0. The Kier molecular flexibility index (Phi) is 6.14. The van der Waals surface area contributed by atoms with E-state index >= 15 is 0 Å². The first-order valence-electron chi connectivity index (χ1n) is 7.96. The third-order valence-electron chi connectivity index (χ3n) is 3.63. The summed E-state index contributed by atoms with van der Waals surface area (Å²) in [6, 6.07) is 7.21. The molecule has 1 fully saturated rings. The van der Waals surface area contributed by atoms with Gasteiger partial charge in [-0.1, -0.05) is 6.07 Å². The standard InChI is InChI=1S/C17H22N2O4/c1-2-23-17(22)10-9-15(20)18-13-6-5-7-14(12-13)19-11-4-3-8-16(19)21/h5-7,12H,2-4,8-11H2,1H3,(H,18,20). The number of hydrogen-bond donors (Lipinski definition) is 1. The van der Waals surface area contributed by atoms with Crippen molar-refractivity contribution in [2.45, 2.75) is 39.0 Å². The van der Waals surface area contributed by atoms with Crippen molar-refractivity contribution >= 4 is 29.2 Å². The Labute approximate surface area is 135 Å². The molecule has 23 heavy (non-hydrogen) atoms. The van der Waals surface area contributed by atoms with E-state index in [9.17, 15) is 14.4 Å². The van der Waals surface area contributed by atoms with Gasteiger partial charge in [0.2, 0.25) is 11.8 Å². The lowest BCUT2D eigenvalue weighted by molar-refractivity contribution is -0.144. The van der Waals surface area contributed by atoms with Crippen LogP contribution in [0.5, 0.6) is 0 Å². The van der Waals surface area contributed by atoms with Gasteiger partial charge in [-0.25, -0.2) is 0 Å². The van der Waals surface area contributed by atoms with Gasteiger partial charge in [0.25, 0.3) is 0 Å². The highest BCUT2D eigenvalue weighted by molar-refractivity contribution is 5.96. The normalized spacial score (nSPS) is 14.5. The molecule has 0 atom stereocenters. The van der Waals surface area contributed by atoms with E-state index in [4.69, 9.17) is 4.74 Å². The summed E-state index contributed by atoms with van der Waals surface area (Å²) in [5.41, 5.74) is 1.41. The molecule has 1 saturated heterocycles. The molecule has 0 bridgehead atoms. The number of nitrogens with zero attached hydrogens (tertiary/aromatic N) is 1. The second-order valence-corrected chi connectivity index (χ2v) is 5.41. The molecule has 2 amide bonds. The van der Waals surface area contributed by atoms with E-state index in [2.05, 4.69) is 5.32 Å². The van der Waals surface area contributed by atoms with Crippen LogP contribution in [0.2, 0.25) is 0 Å². The first-order valence-corrected chi connectivity index (χ1v) is 7.96. The number of benzene rings is 1. The van der Waals surface area contributed by atoms with E-state index in [0.717, 1.165) is 18.5 Å². The van der Waals surface area contributed by atoms with Crippen molar-refractivity contribution in [2.24, 2.45) is 0 Å². The van der Waals surface area contributed by atoms with Crippen LogP contribution in [0.15, 0.2) is 24.3 Å². The monoisotopic (exact) mass is 318 g/mol. The molecular formula is C17H22N2O4. The molecule has 6 nitrogen and oxygen atoms in total. The number of rotatable bonds is 6. The Morgan fingerprint density at radius 2 is 2.09 bits per heavy atom. The molecule has 0 unspecified atom stereocenters. The van der Waals surface area contributed by atoms with Crippen LogP contribution < -0.4 is 10.2 Å². The van der Waals surface area contributed by atoms with Crippen LogP contribution >= 0.6 is 0 Å².